The Balaban J connectivity index is 1.98. The minimum absolute atomic E-state index is 0.121. The Morgan fingerprint density at radius 1 is 1.19 bits per heavy atom. The third kappa shape index (κ3) is 4.72. The van der Waals surface area contributed by atoms with Gasteiger partial charge < -0.3 is 10.1 Å². The van der Waals surface area contributed by atoms with Crippen LogP contribution in [0.25, 0.3) is 0 Å². The van der Waals surface area contributed by atoms with Crippen LogP contribution < -0.4 is 10.1 Å². The van der Waals surface area contributed by atoms with E-state index in [4.69, 9.17) is 4.74 Å². The normalized spacial score (nSPS) is 17.0. The molecule has 1 saturated heterocycles. The van der Waals surface area contributed by atoms with Crippen molar-refractivity contribution in [2.24, 2.45) is 0 Å². The molecule has 0 aromatic heterocycles. The minimum Gasteiger partial charge on any atom is -0.492 e. The third-order valence-corrected chi connectivity index (χ3v) is 4.13. The molecule has 1 heterocycles. The number of rotatable bonds is 5. The summed E-state index contributed by atoms with van der Waals surface area (Å²) in [4.78, 5) is 2.47. The second-order valence-electron chi connectivity index (χ2n) is 6.87. The maximum Gasteiger partial charge on any atom is 0.123 e. The molecule has 3 heteroatoms. The Hall–Kier alpha value is -1.06. The molecule has 0 amide bonds. The van der Waals surface area contributed by atoms with Crippen molar-refractivity contribution in [2.45, 2.75) is 39.5 Å². The molecule has 1 aromatic rings. The lowest BCUT2D eigenvalue weighted by Crippen LogP contribution is -2.44. The Morgan fingerprint density at radius 2 is 1.90 bits per heavy atom. The maximum absolute atomic E-state index is 6.10. The highest BCUT2D eigenvalue weighted by molar-refractivity contribution is 5.41. The summed E-state index contributed by atoms with van der Waals surface area (Å²) < 4.78 is 6.10. The summed E-state index contributed by atoms with van der Waals surface area (Å²) >= 11 is 0. The average Bonchev–Trinajstić information content (AvgIpc) is 2.47. The van der Waals surface area contributed by atoms with E-state index in [1.165, 1.54) is 11.1 Å². The second-order valence-corrected chi connectivity index (χ2v) is 6.87. The average molecular weight is 290 g/mol. The largest absolute Gasteiger partial charge is 0.492 e. The number of nitrogens with one attached hydrogen (secondary N) is 1. The van der Waals surface area contributed by atoms with Crippen LogP contribution in [-0.2, 0) is 11.8 Å². The van der Waals surface area contributed by atoms with Crippen LogP contribution in [0.3, 0.4) is 0 Å². The van der Waals surface area contributed by atoms with Crippen LogP contribution in [0, 0.1) is 0 Å². The van der Waals surface area contributed by atoms with Gasteiger partial charge in [0.2, 0.25) is 0 Å². The van der Waals surface area contributed by atoms with Crippen molar-refractivity contribution in [3.8, 4) is 5.75 Å². The fraction of sp³-hybridized carbons (Fsp3) is 0.667. The highest BCUT2D eigenvalue weighted by Gasteiger charge is 2.19. The zero-order valence-corrected chi connectivity index (χ0v) is 14.0. The van der Waals surface area contributed by atoms with E-state index in [1.54, 1.807) is 0 Å². The van der Waals surface area contributed by atoms with Gasteiger partial charge in [-0.2, -0.15) is 0 Å². The zero-order valence-electron chi connectivity index (χ0n) is 14.0. The SMILES string of the molecule is CCc1ccc(OCCN2CCNCC2)c(C(C)(C)C)c1. The van der Waals surface area contributed by atoms with E-state index < -0.39 is 0 Å². The van der Waals surface area contributed by atoms with Crippen molar-refractivity contribution >= 4 is 0 Å². The molecule has 118 valence electrons. The van der Waals surface area contributed by atoms with Crippen LogP contribution in [0.5, 0.6) is 5.75 Å². The molecule has 1 aliphatic rings. The molecule has 0 atom stereocenters. The van der Waals surface area contributed by atoms with Crippen LogP contribution in [0.15, 0.2) is 18.2 Å². The maximum atomic E-state index is 6.10. The first-order valence-corrected chi connectivity index (χ1v) is 8.20. The number of ether oxygens (including phenoxy) is 1. The van der Waals surface area contributed by atoms with Gasteiger partial charge in [0.25, 0.3) is 0 Å². The molecule has 2 rings (SSSR count). The van der Waals surface area contributed by atoms with E-state index in [0.29, 0.717) is 0 Å². The van der Waals surface area contributed by atoms with Gasteiger partial charge in [-0.3, -0.25) is 4.90 Å². The fourth-order valence-corrected chi connectivity index (χ4v) is 2.73. The van der Waals surface area contributed by atoms with Crippen molar-refractivity contribution in [1.29, 1.82) is 0 Å². The molecule has 1 fully saturated rings. The molecule has 1 aliphatic heterocycles. The number of hydrogen-bond acceptors (Lipinski definition) is 3. The monoisotopic (exact) mass is 290 g/mol. The summed E-state index contributed by atoms with van der Waals surface area (Å²) in [6, 6.07) is 6.65. The Kier molecular flexibility index (Phi) is 5.65. The third-order valence-electron chi connectivity index (χ3n) is 4.13. The van der Waals surface area contributed by atoms with Gasteiger partial charge in [-0.25, -0.2) is 0 Å². The molecule has 1 aromatic carbocycles. The molecule has 21 heavy (non-hydrogen) atoms. The predicted molar refractivity (Wildman–Crippen MR) is 89.3 cm³/mol. The molecular formula is C18H30N2O. The fourth-order valence-electron chi connectivity index (χ4n) is 2.73. The lowest BCUT2D eigenvalue weighted by Gasteiger charge is -2.28. The van der Waals surface area contributed by atoms with Gasteiger partial charge in [0.05, 0.1) is 0 Å². The molecular weight excluding hydrogens is 260 g/mol. The minimum atomic E-state index is 0.121. The van der Waals surface area contributed by atoms with Gasteiger partial charge in [-0.1, -0.05) is 39.8 Å². The quantitative estimate of drug-likeness (QED) is 0.902. The van der Waals surface area contributed by atoms with Crippen LogP contribution in [0.1, 0.15) is 38.8 Å². The van der Waals surface area contributed by atoms with Gasteiger partial charge in [0, 0.05) is 32.7 Å². The van der Waals surface area contributed by atoms with E-state index >= 15 is 0 Å². The number of benzene rings is 1. The topological polar surface area (TPSA) is 24.5 Å². The zero-order chi connectivity index (χ0) is 15.3. The summed E-state index contributed by atoms with van der Waals surface area (Å²) in [5.41, 5.74) is 2.83. The van der Waals surface area contributed by atoms with Crippen LogP contribution in [-0.4, -0.2) is 44.2 Å². The van der Waals surface area contributed by atoms with Gasteiger partial charge in [0.15, 0.2) is 0 Å². The summed E-state index contributed by atoms with van der Waals surface area (Å²) in [7, 11) is 0. The molecule has 0 bridgehead atoms. The van der Waals surface area contributed by atoms with Crippen molar-refractivity contribution in [1.82, 2.24) is 10.2 Å². The Morgan fingerprint density at radius 3 is 2.52 bits per heavy atom. The lowest BCUT2D eigenvalue weighted by molar-refractivity contribution is 0.189. The molecule has 0 saturated carbocycles. The summed E-state index contributed by atoms with van der Waals surface area (Å²) in [5.74, 6) is 1.05. The first-order chi connectivity index (χ1) is 10.0. The number of hydrogen-bond donors (Lipinski definition) is 1. The van der Waals surface area contributed by atoms with E-state index in [0.717, 1.165) is 51.5 Å². The van der Waals surface area contributed by atoms with Gasteiger partial charge in [0.1, 0.15) is 12.4 Å². The smallest absolute Gasteiger partial charge is 0.123 e. The Labute approximate surface area is 129 Å². The molecule has 0 aliphatic carbocycles. The van der Waals surface area contributed by atoms with Crippen molar-refractivity contribution in [3.05, 3.63) is 29.3 Å². The second kappa shape index (κ2) is 7.28. The van der Waals surface area contributed by atoms with Crippen molar-refractivity contribution in [3.63, 3.8) is 0 Å². The highest BCUT2D eigenvalue weighted by atomic mass is 16.5. The number of piperazine rings is 1. The Bertz CT molecular complexity index is 445. The van der Waals surface area contributed by atoms with Gasteiger partial charge in [-0.15, -0.1) is 0 Å². The summed E-state index contributed by atoms with van der Waals surface area (Å²) in [6.45, 7) is 15.2. The van der Waals surface area contributed by atoms with Gasteiger partial charge >= 0.3 is 0 Å². The molecule has 3 nitrogen and oxygen atoms in total. The standard InChI is InChI=1S/C18H30N2O/c1-5-15-6-7-17(16(14-15)18(2,3)4)21-13-12-20-10-8-19-9-11-20/h6-7,14,19H,5,8-13H2,1-4H3. The first kappa shape index (κ1) is 16.3. The summed E-state index contributed by atoms with van der Waals surface area (Å²) in [5, 5.41) is 3.38. The lowest BCUT2D eigenvalue weighted by atomic mass is 9.85. The molecule has 0 spiro atoms. The highest BCUT2D eigenvalue weighted by Crippen LogP contribution is 2.32. The van der Waals surface area contributed by atoms with E-state index in [1.807, 2.05) is 0 Å². The van der Waals surface area contributed by atoms with Crippen LogP contribution in [0.4, 0.5) is 0 Å². The molecule has 0 radical (unpaired) electrons. The number of aryl methyl sites for hydroxylation is 1. The number of nitrogens with zero attached hydrogens (tertiary/aromatic N) is 1. The molecule has 0 unspecified atom stereocenters. The summed E-state index contributed by atoms with van der Waals surface area (Å²) in [6.07, 6.45) is 1.07. The van der Waals surface area contributed by atoms with Crippen LogP contribution in [0.2, 0.25) is 0 Å². The molecule has 1 N–H and O–H groups in total. The van der Waals surface area contributed by atoms with Crippen LogP contribution >= 0.6 is 0 Å². The predicted octanol–water partition coefficient (Wildman–Crippen LogP) is 2.83. The van der Waals surface area contributed by atoms with Crippen molar-refractivity contribution in [2.75, 3.05) is 39.3 Å². The van der Waals surface area contributed by atoms with E-state index in [9.17, 15) is 0 Å². The van der Waals surface area contributed by atoms with E-state index in [2.05, 4.69) is 56.1 Å². The first-order valence-electron chi connectivity index (χ1n) is 8.20. The van der Waals surface area contributed by atoms with E-state index in [-0.39, 0.29) is 5.41 Å². The van der Waals surface area contributed by atoms with Gasteiger partial charge in [-0.05, 0) is 29.0 Å². The van der Waals surface area contributed by atoms with Crippen molar-refractivity contribution < 1.29 is 4.74 Å².